The molecule has 0 radical (unpaired) electrons. The van der Waals surface area contributed by atoms with E-state index in [-0.39, 0.29) is 0 Å². The molecule has 4 aromatic carbocycles. The first kappa shape index (κ1) is 28.5. The van der Waals surface area contributed by atoms with Crippen LogP contribution in [0.1, 0.15) is 22.3 Å². The molecule has 208 valence electrons. The second-order valence-electron chi connectivity index (χ2n) is 9.81. The van der Waals surface area contributed by atoms with Crippen LogP contribution in [0.15, 0.2) is 121 Å². The van der Waals surface area contributed by atoms with E-state index < -0.39 is 30.0 Å². The molecule has 0 bridgehead atoms. The molecule has 5 nitrogen and oxygen atoms in total. The van der Waals surface area contributed by atoms with Gasteiger partial charge in [0.05, 0.1) is 33.0 Å². The first-order valence-electron chi connectivity index (χ1n) is 13.6. The lowest BCUT2D eigenvalue weighted by Gasteiger charge is -2.44. The molecule has 0 aliphatic carbocycles. The number of alkyl halides is 1. The Labute approximate surface area is 241 Å². The van der Waals surface area contributed by atoms with Gasteiger partial charge < -0.3 is 23.7 Å². The quantitative estimate of drug-likeness (QED) is 0.167. The average molecular weight is 559 g/mol. The fraction of sp³-hybridized carbons (Fsp3) is 0.294. The third kappa shape index (κ3) is 8.24. The molecular weight excluding hydrogens is 524 g/mol. The van der Waals surface area contributed by atoms with Crippen molar-refractivity contribution in [3.63, 3.8) is 0 Å². The second-order valence-corrected chi connectivity index (χ2v) is 10.2. The zero-order valence-electron chi connectivity index (χ0n) is 22.4. The Morgan fingerprint density at radius 3 is 1.30 bits per heavy atom. The minimum absolute atomic E-state index is 0.300. The molecule has 40 heavy (non-hydrogen) atoms. The molecule has 0 aromatic heterocycles. The number of benzene rings is 4. The van der Waals surface area contributed by atoms with Crippen LogP contribution in [0.3, 0.4) is 0 Å². The van der Waals surface area contributed by atoms with E-state index in [4.69, 9.17) is 35.3 Å². The predicted octanol–water partition coefficient (Wildman–Crippen LogP) is 6.92. The van der Waals surface area contributed by atoms with Gasteiger partial charge in [-0.2, -0.15) is 0 Å². The van der Waals surface area contributed by atoms with Crippen molar-refractivity contribution in [1.82, 2.24) is 0 Å². The third-order valence-electron chi connectivity index (χ3n) is 6.83. The summed E-state index contributed by atoms with van der Waals surface area (Å²) in [4.78, 5) is 0. The number of halogens is 1. The maximum absolute atomic E-state index is 6.86. The predicted molar refractivity (Wildman–Crippen MR) is 156 cm³/mol. The summed E-state index contributed by atoms with van der Waals surface area (Å²) in [6.07, 6.45) is -1.98. The van der Waals surface area contributed by atoms with Crippen LogP contribution in [0.4, 0.5) is 0 Å². The molecule has 3 unspecified atom stereocenters. The molecule has 0 saturated carbocycles. The highest BCUT2D eigenvalue weighted by molar-refractivity contribution is 6.20. The highest BCUT2D eigenvalue weighted by Gasteiger charge is 2.47. The van der Waals surface area contributed by atoms with E-state index in [0.29, 0.717) is 33.0 Å². The van der Waals surface area contributed by atoms with Crippen molar-refractivity contribution in [3.8, 4) is 0 Å². The maximum atomic E-state index is 6.86. The normalized spacial score (nSPS) is 22.7. The van der Waals surface area contributed by atoms with Crippen LogP contribution in [0.2, 0.25) is 0 Å². The molecule has 0 amide bonds. The van der Waals surface area contributed by atoms with E-state index in [1.54, 1.807) is 0 Å². The number of hydrogen-bond acceptors (Lipinski definition) is 5. The molecular formula is C34H35ClO5. The van der Waals surface area contributed by atoms with Gasteiger partial charge in [0.2, 0.25) is 0 Å². The molecule has 1 heterocycles. The molecule has 5 atom stereocenters. The summed E-state index contributed by atoms with van der Waals surface area (Å²) in [6.45, 7) is 1.93. The van der Waals surface area contributed by atoms with Crippen LogP contribution < -0.4 is 0 Å². The van der Waals surface area contributed by atoms with Crippen LogP contribution in [-0.2, 0) is 50.1 Å². The topological polar surface area (TPSA) is 46.2 Å². The average Bonchev–Trinajstić information content (AvgIpc) is 3.01. The SMILES string of the molecule is Cl[C@@H]1OC(COCc2ccccc2)[C@@H](OCc2ccccc2)C(OCc2ccccc2)C1OCc1ccccc1. The van der Waals surface area contributed by atoms with Crippen molar-refractivity contribution < 1.29 is 23.7 Å². The van der Waals surface area contributed by atoms with Crippen LogP contribution in [0.25, 0.3) is 0 Å². The zero-order valence-corrected chi connectivity index (χ0v) is 23.1. The molecule has 1 aliphatic heterocycles. The van der Waals surface area contributed by atoms with E-state index in [1.165, 1.54) is 0 Å². The van der Waals surface area contributed by atoms with Gasteiger partial charge in [0, 0.05) is 0 Å². The fourth-order valence-corrected chi connectivity index (χ4v) is 5.08. The number of ether oxygens (including phenoxy) is 5. The molecule has 1 saturated heterocycles. The van der Waals surface area contributed by atoms with E-state index in [1.807, 2.05) is 121 Å². The fourth-order valence-electron chi connectivity index (χ4n) is 4.73. The van der Waals surface area contributed by atoms with Crippen molar-refractivity contribution in [3.05, 3.63) is 144 Å². The minimum atomic E-state index is -0.744. The monoisotopic (exact) mass is 558 g/mol. The highest BCUT2D eigenvalue weighted by atomic mass is 35.5. The molecule has 1 aliphatic rings. The highest BCUT2D eigenvalue weighted by Crippen LogP contribution is 2.32. The van der Waals surface area contributed by atoms with Crippen molar-refractivity contribution in [2.24, 2.45) is 0 Å². The first-order chi connectivity index (χ1) is 19.8. The van der Waals surface area contributed by atoms with E-state index in [9.17, 15) is 0 Å². The van der Waals surface area contributed by atoms with E-state index >= 15 is 0 Å². The van der Waals surface area contributed by atoms with Gasteiger partial charge in [-0.05, 0) is 22.3 Å². The van der Waals surface area contributed by atoms with Gasteiger partial charge in [0.25, 0.3) is 0 Å². The lowest BCUT2D eigenvalue weighted by molar-refractivity contribution is -0.256. The van der Waals surface area contributed by atoms with Gasteiger partial charge >= 0.3 is 0 Å². The summed E-state index contributed by atoms with van der Waals surface area (Å²) in [5.74, 6) is 0. The minimum Gasteiger partial charge on any atom is -0.374 e. The van der Waals surface area contributed by atoms with Crippen molar-refractivity contribution >= 4 is 11.6 Å². The Bertz CT molecular complexity index is 1240. The summed E-state index contributed by atoms with van der Waals surface area (Å²) < 4.78 is 31.9. The lowest BCUT2D eigenvalue weighted by atomic mass is 9.99. The summed E-state index contributed by atoms with van der Waals surface area (Å²) in [5, 5.41) is 0. The largest absolute Gasteiger partial charge is 0.374 e. The summed E-state index contributed by atoms with van der Waals surface area (Å²) in [5.41, 5.74) is 3.50. The molecule has 6 heteroatoms. The van der Waals surface area contributed by atoms with Gasteiger partial charge in [-0.15, -0.1) is 0 Å². The molecule has 0 N–H and O–H groups in total. The second kappa shape index (κ2) is 15.1. The lowest BCUT2D eigenvalue weighted by Crippen LogP contribution is -2.59. The number of hydrogen-bond donors (Lipinski definition) is 0. The molecule has 4 aromatic rings. The Morgan fingerprint density at radius 2 is 0.850 bits per heavy atom. The van der Waals surface area contributed by atoms with Crippen LogP contribution >= 0.6 is 11.6 Å². The summed E-state index contributed by atoms with van der Waals surface area (Å²) in [7, 11) is 0. The Kier molecular flexibility index (Phi) is 10.8. The molecule has 0 spiro atoms. The van der Waals surface area contributed by atoms with Gasteiger partial charge in [-0.3, -0.25) is 0 Å². The van der Waals surface area contributed by atoms with E-state index in [2.05, 4.69) is 0 Å². The standard InChI is InChI=1S/C34H35ClO5/c35-34-33(39-24-29-19-11-4-12-20-29)32(38-23-28-17-9-3-10-18-28)31(37-22-27-15-7-2-8-16-27)30(40-34)25-36-21-26-13-5-1-6-14-26/h1-20,30-34H,21-25H2/t30?,31-,32?,33?,34-/m1/s1. The first-order valence-corrected chi connectivity index (χ1v) is 14.1. The maximum Gasteiger partial charge on any atom is 0.160 e. The van der Waals surface area contributed by atoms with Crippen molar-refractivity contribution in [2.75, 3.05) is 6.61 Å². The van der Waals surface area contributed by atoms with Crippen molar-refractivity contribution in [1.29, 1.82) is 0 Å². The van der Waals surface area contributed by atoms with Gasteiger partial charge in [0.15, 0.2) is 5.56 Å². The summed E-state index contributed by atoms with van der Waals surface area (Å²) in [6, 6.07) is 40.2. The Balaban J connectivity index is 1.36. The van der Waals surface area contributed by atoms with E-state index in [0.717, 1.165) is 22.3 Å². The van der Waals surface area contributed by atoms with Gasteiger partial charge in [0.1, 0.15) is 24.4 Å². The van der Waals surface area contributed by atoms with Gasteiger partial charge in [-0.25, -0.2) is 0 Å². The van der Waals surface area contributed by atoms with Crippen molar-refractivity contribution in [2.45, 2.75) is 56.4 Å². The Morgan fingerprint density at radius 1 is 0.475 bits per heavy atom. The smallest absolute Gasteiger partial charge is 0.160 e. The zero-order chi connectivity index (χ0) is 27.4. The summed E-state index contributed by atoms with van der Waals surface area (Å²) >= 11 is 6.86. The third-order valence-corrected chi connectivity index (χ3v) is 7.18. The van der Waals surface area contributed by atoms with Crippen LogP contribution in [0, 0.1) is 0 Å². The van der Waals surface area contributed by atoms with Gasteiger partial charge in [-0.1, -0.05) is 133 Å². The number of rotatable bonds is 13. The van der Waals surface area contributed by atoms with Crippen LogP contribution in [-0.4, -0.2) is 36.6 Å². The Hall–Kier alpha value is -3.03. The molecule has 1 fully saturated rings. The molecule has 5 rings (SSSR count). The van der Waals surface area contributed by atoms with Crippen LogP contribution in [0.5, 0.6) is 0 Å².